The Hall–Kier alpha value is -0.360. The zero-order valence-corrected chi connectivity index (χ0v) is 11.8. The van der Waals surface area contributed by atoms with Crippen LogP contribution < -0.4 is 0 Å². The maximum Gasteiger partial charge on any atom is 0.305 e. The summed E-state index contributed by atoms with van der Waals surface area (Å²) >= 11 is 6.75. The normalized spacial score (nSPS) is 10.4. The van der Waals surface area contributed by atoms with Gasteiger partial charge < -0.3 is 9.30 Å². The predicted octanol–water partition coefficient (Wildman–Crippen LogP) is 2.67. The van der Waals surface area contributed by atoms with E-state index in [4.69, 9.17) is 0 Å². The topological polar surface area (TPSA) is 44.1 Å². The third-order valence-corrected chi connectivity index (χ3v) is 3.94. The summed E-state index contributed by atoms with van der Waals surface area (Å²) in [5, 5.41) is 0. The fraction of sp³-hybridized carbons (Fsp3) is 0.556. The van der Waals surface area contributed by atoms with E-state index in [1.165, 1.54) is 7.11 Å². The third-order valence-electron chi connectivity index (χ3n) is 2.05. The number of hydrogen-bond acceptors (Lipinski definition) is 3. The van der Waals surface area contributed by atoms with Gasteiger partial charge in [0.15, 0.2) is 0 Å². The summed E-state index contributed by atoms with van der Waals surface area (Å²) in [5.74, 6) is 0.738. The number of ether oxygens (including phenoxy) is 1. The van der Waals surface area contributed by atoms with Crippen molar-refractivity contribution in [3.8, 4) is 0 Å². The second-order valence-corrected chi connectivity index (χ2v) is 4.57. The first-order valence-corrected chi connectivity index (χ1v) is 6.09. The Morgan fingerprint density at radius 2 is 2.20 bits per heavy atom. The van der Waals surface area contributed by atoms with Gasteiger partial charge in [-0.2, -0.15) is 0 Å². The largest absolute Gasteiger partial charge is 0.469 e. The molecule has 0 atom stereocenters. The quantitative estimate of drug-likeness (QED) is 0.792. The van der Waals surface area contributed by atoms with Crippen molar-refractivity contribution < 1.29 is 9.53 Å². The van der Waals surface area contributed by atoms with E-state index in [-0.39, 0.29) is 5.97 Å². The van der Waals surface area contributed by atoms with Crippen molar-refractivity contribution in [2.24, 2.45) is 0 Å². The van der Waals surface area contributed by atoms with E-state index in [0.29, 0.717) is 6.42 Å². The Morgan fingerprint density at radius 1 is 1.53 bits per heavy atom. The number of aromatic nitrogens is 2. The molecule has 0 radical (unpaired) electrons. The number of aryl methyl sites for hydroxylation is 1. The molecule has 0 aromatic carbocycles. The van der Waals surface area contributed by atoms with Gasteiger partial charge in [-0.05, 0) is 45.2 Å². The highest BCUT2D eigenvalue weighted by Crippen LogP contribution is 2.23. The van der Waals surface area contributed by atoms with Crippen molar-refractivity contribution in [3.05, 3.63) is 15.0 Å². The first kappa shape index (κ1) is 12.7. The number of rotatable bonds is 4. The molecular weight excluding hydrogens is 328 g/mol. The SMILES string of the molecule is COC(=O)CCCn1c(C)nc(Br)c1Br. The molecule has 0 spiro atoms. The predicted molar refractivity (Wildman–Crippen MR) is 63.6 cm³/mol. The first-order valence-electron chi connectivity index (χ1n) is 4.51. The summed E-state index contributed by atoms with van der Waals surface area (Å²) < 4.78 is 8.27. The molecule has 0 unspecified atom stereocenters. The van der Waals surface area contributed by atoms with Crippen LogP contribution in [0.5, 0.6) is 0 Å². The average Bonchev–Trinajstić information content (AvgIpc) is 2.44. The van der Waals surface area contributed by atoms with Crippen LogP contribution in [0.1, 0.15) is 18.7 Å². The van der Waals surface area contributed by atoms with Gasteiger partial charge in [0, 0.05) is 13.0 Å². The number of halogens is 2. The van der Waals surface area contributed by atoms with Crippen LogP contribution in [-0.2, 0) is 16.1 Å². The summed E-state index contributed by atoms with van der Waals surface area (Å²) in [6.07, 6.45) is 1.17. The molecule has 0 N–H and O–H groups in total. The van der Waals surface area contributed by atoms with E-state index in [0.717, 1.165) is 28.0 Å². The zero-order valence-electron chi connectivity index (χ0n) is 8.59. The summed E-state index contributed by atoms with van der Waals surface area (Å²) in [6, 6.07) is 0. The van der Waals surface area contributed by atoms with Gasteiger partial charge >= 0.3 is 5.97 Å². The third kappa shape index (κ3) is 3.31. The zero-order chi connectivity index (χ0) is 11.4. The minimum Gasteiger partial charge on any atom is -0.469 e. The van der Waals surface area contributed by atoms with Crippen LogP contribution in [0, 0.1) is 6.92 Å². The molecule has 0 saturated carbocycles. The lowest BCUT2D eigenvalue weighted by Gasteiger charge is -2.05. The Balaban J connectivity index is 2.54. The minimum absolute atomic E-state index is 0.178. The second kappa shape index (κ2) is 5.65. The maximum absolute atomic E-state index is 10.9. The van der Waals surface area contributed by atoms with Crippen molar-refractivity contribution in [3.63, 3.8) is 0 Å². The van der Waals surface area contributed by atoms with Gasteiger partial charge in [-0.1, -0.05) is 0 Å². The fourth-order valence-corrected chi connectivity index (χ4v) is 2.24. The van der Waals surface area contributed by atoms with Crippen LogP contribution in [0.2, 0.25) is 0 Å². The number of esters is 1. The number of carbonyl (C=O) groups is 1. The second-order valence-electron chi connectivity index (χ2n) is 3.07. The van der Waals surface area contributed by atoms with Crippen LogP contribution >= 0.6 is 31.9 Å². The fourth-order valence-electron chi connectivity index (χ4n) is 1.25. The average molecular weight is 340 g/mol. The van der Waals surface area contributed by atoms with Gasteiger partial charge in [-0.15, -0.1) is 0 Å². The van der Waals surface area contributed by atoms with Crippen LogP contribution in [0.15, 0.2) is 9.21 Å². The molecule has 4 nitrogen and oxygen atoms in total. The van der Waals surface area contributed by atoms with Gasteiger partial charge in [0.1, 0.15) is 15.0 Å². The van der Waals surface area contributed by atoms with E-state index < -0.39 is 0 Å². The van der Waals surface area contributed by atoms with Crippen molar-refractivity contribution in [1.82, 2.24) is 9.55 Å². The lowest BCUT2D eigenvalue weighted by atomic mass is 10.3. The summed E-state index contributed by atoms with van der Waals surface area (Å²) in [7, 11) is 1.40. The molecule has 0 fully saturated rings. The molecule has 0 aliphatic rings. The summed E-state index contributed by atoms with van der Waals surface area (Å²) in [5.41, 5.74) is 0. The van der Waals surface area contributed by atoms with Gasteiger partial charge in [-0.3, -0.25) is 4.79 Å². The lowest BCUT2D eigenvalue weighted by Crippen LogP contribution is -2.05. The van der Waals surface area contributed by atoms with Gasteiger partial charge in [-0.25, -0.2) is 4.98 Å². The molecule has 0 aliphatic carbocycles. The van der Waals surface area contributed by atoms with Gasteiger partial charge in [0.05, 0.1) is 7.11 Å². The van der Waals surface area contributed by atoms with E-state index in [1.54, 1.807) is 0 Å². The number of nitrogens with zero attached hydrogens (tertiary/aromatic N) is 2. The Labute approximate surface area is 105 Å². The highest BCUT2D eigenvalue weighted by Gasteiger charge is 2.10. The van der Waals surface area contributed by atoms with Crippen LogP contribution in [-0.4, -0.2) is 22.6 Å². The van der Waals surface area contributed by atoms with Gasteiger partial charge in [0.25, 0.3) is 0 Å². The maximum atomic E-state index is 10.9. The standard InChI is InChI=1S/C9H12Br2N2O2/c1-6-12-8(10)9(11)13(6)5-3-4-7(14)15-2/h3-5H2,1-2H3. The molecule has 6 heteroatoms. The first-order chi connectivity index (χ1) is 7.06. The van der Waals surface area contributed by atoms with E-state index in [1.807, 2.05) is 11.5 Å². The number of methoxy groups -OCH3 is 1. The Morgan fingerprint density at radius 3 is 2.67 bits per heavy atom. The monoisotopic (exact) mass is 338 g/mol. The molecule has 1 aromatic heterocycles. The molecule has 0 bridgehead atoms. The van der Waals surface area contributed by atoms with Gasteiger partial charge in [0.2, 0.25) is 0 Å². The van der Waals surface area contributed by atoms with Crippen molar-refractivity contribution >= 4 is 37.8 Å². The molecule has 84 valence electrons. The Kier molecular flexibility index (Phi) is 4.79. The molecule has 0 amide bonds. The minimum atomic E-state index is -0.178. The van der Waals surface area contributed by atoms with Crippen molar-refractivity contribution in [2.45, 2.75) is 26.3 Å². The van der Waals surface area contributed by atoms with E-state index in [9.17, 15) is 4.79 Å². The van der Waals surface area contributed by atoms with Crippen molar-refractivity contribution in [2.75, 3.05) is 7.11 Å². The molecule has 0 saturated heterocycles. The summed E-state index contributed by atoms with van der Waals surface area (Å²) in [6.45, 7) is 2.67. The van der Waals surface area contributed by atoms with E-state index >= 15 is 0 Å². The number of carbonyl (C=O) groups excluding carboxylic acids is 1. The Bertz CT molecular complexity index is 363. The number of hydrogen-bond donors (Lipinski definition) is 0. The van der Waals surface area contributed by atoms with E-state index in [2.05, 4.69) is 41.6 Å². The molecule has 1 rings (SSSR count). The molecule has 1 heterocycles. The highest BCUT2D eigenvalue weighted by molar-refractivity contribution is 9.13. The highest BCUT2D eigenvalue weighted by atomic mass is 79.9. The van der Waals surface area contributed by atoms with Crippen molar-refractivity contribution in [1.29, 1.82) is 0 Å². The molecular formula is C9H12Br2N2O2. The van der Waals surface area contributed by atoms with Crippen LogP contribution in [0.4, 0.5) is 0 Å². The number of imidazole rings is 1. The van der Waals surface area contributed by atoms with Crippen LogP contribution in [0.3, 0.4) is 0 Å². The molecule has 1 aromatic rings. The summed E-state index contributed by atoms with van der Waals surface area (Å²) in [4.78, 5) is 15.2. The molecule has 0 aliphatic heterocycles. The smallest absolute Gasteiger partial charge is 0.305 e. The lowest BCUT2D eigenvalue weighted by molar-refractivity contribution is -0.140. The van der Waals surface area contributed by atoms with Crippen LogP contribution in [0.25, 0.3) is 0 Å². The molecule has 15 heavy (non-hydrogen) atoms.